The fourth-order valence-corrected chi connectivity index (χ4v) is 4.19. The number of aromatic nitrogens is 2. The van der Waals surface area contributed by atoms with Crippen LogP contribution in [-0.2, 0) is 0 Å². The van der Waals surface area contributed by atoms with Gasteiger partial charge in [0.25, 0.3) is 0 Å². The molecule has 0 fully saturated rings. The van der Waals surface area contributed by atoms with Crippen molar-refractivity contribution in [3.8, 4) is 39.8 Å². The highest BCUT2D eigenvalue weighted by atomic mass is 32.1. The zero-order valence-electron chi connectivity index (χ0n) is 14.3. The van der Waals surface area contributed by atoms with Crippen LogP contribution in [0.1, 0.15) is 10.5 Å². The molecule has 5 rings (SSSR count). The topological polar surface area (TPSA) is 62.1 Å². The van der Waals surface area contributed by atoms with Gasteiger partial charge in [-0.05, 0) is 30.3 Å². The van der Waals surface area contributed by atoms with E-state index in [-0.39, 0.29) is 6.79 Å². The van der Waals surface area contributed by atoms with Gasteiger partial charge in [0.05, 0.1) is 12.8 Å². The summed E-state index contributed by atoms with van der Waals surface area (Å²) in [7, 11) is 1.61. The second kappa shape index (κ2) is 6.14. The molecule has 0 spiro atoms. The molecule has 1 aliphatic rings. The molecule has 7 heteroatoms. The smallest absolute Gasteiger partial charge is 0.231 e. The number of hydrogen-bond acceptors (Lipinski definition) is 6. The van der Waals surface area contributed by atoms with Crippen LogP contribution in [0, 0.1) is 0 Å². The molecule has 0 bridgehead atoms. The highest BCUT2D eigenvalue weighted by Crippen LogP contribution is 2.39. The zero-order chi connectivity index (χ0) is 18.4. The van der Waals surface area contributed by atoms with E-state index < -0.39 is 0 Å². The number of rotatable bonds is 4. The van der Waals surface area contributed by atoms with Gasteiger partial charge in [0.2, 0.25) is 6.79 Å². The number of nitrogens with zero attached hydrogens (tertiary/aromatic N) is 2. The first kappa shape index (κ1) is 15.9. The summed E-state index contributed by atoms with van der Waals surface area (Å²) < 4.78 is 18.2. The fraction of sp³-hybridized carbons (Fsp3) is 0.100. The normalized spacial score (nSPS) is 12.5. The lowest BCUT2D eigenvalue weighted by Crippen LogP contribution is -1.95. The predicted octanol–water partition coefficient (Wildman–Crippen LogP) is 4.28. The first-order valence-electron chi connectivity index (χ1n) is 8.28. The van der Waals surface area contributed by atoms with Crippen LogP contribution in [-0.4, -0.2) is 29.6 Å². The maximum absolute atomic E-state index is 12.0. The molecule has 0 radical (unpaired) electrons. The highest BCUT2D eigenvalue weighted by molar-refractivity contribution is 7.15. The van der Waals surface area contributed by atoms with Crippen molar-refractivity contribution in [1.82, 2.24) is 9.38 Å². The minimum atomic E-state index is 0.223. The molecule has 0 amide bonds. The molecule has 0 saturated carbocycles. The van der Waals surface area contributed by atoms with Gasteiger partial charge in [0, 0.05) is 16.5 Å². The van der Waals surface area contributed by atoms with Gasteiger partial charge in [-0.15, -0.1) is 11.3 Å². The lowest BCUT2D eigenvalue weighted by Gasteiger charge is -2.07. The van der Waals surface area contributed by atoms with Crippen molar-refractivity contribution in [2.75, 3.05) is 13.9 Å². The second-order valence-electron chi connectivity index (χ2n) is 5.97. The van der Waals surface area contributed by atoms with Crippen molar-refractivity contribution in [2.24, 2.45) is 0 Å². The van der Waals surface area contributed by atoms with Gasteiger partial charge in [-0.25, -0.2) is 4.98 Å². The van der Waals surface area contributed by atoms with Gasteiger partial charge >= 0.3 is 0 Å². The molecule has 0 unspecified atom stereocenters. The van der Waals surface area contributed by atoms with Crippen LogP contribution < -0.4 is 14.2 Å². The molecule has 2 aromatic heterocycles. The summed E-state index contributed by atoms with van der Waals surface area (Å²) in [5, 5.41) is 1.98. The van der Waals surface area contributed by atoms with Crippen molar-refractivity contribution in [1.29, 1.82) is 0 Å². The van der Waals surface area contributed by atoms with Crippen molar-refractivity contribution >= 4 is 22.6 Å². The number of carbonyl (C=O) groups excluding carboxylic acids is 1. The van der Waals surface area contributed by atoms with E-state index >= 15 is 0 Å². The Kier molecular flexibility index (Phi) is 3.61. The Hall–Kier alpha value is -3.32. The minimum absolute atomic E-state index is 0.223. The molecule has 4 aromatic rings. The van der Waals surface area contributed by atoms with E-state index in [1.54, 1.807) is 7.11 Å². The summed E-state index contributed by atoms with van der Waals surface area (Å²) in [6.07, 6.45) is 0.838. The molecule has 0 aliphatic carbocycles. The number of thiazole rings is 1. The number of imidazole rings is 1. The van der Waals surface area contributed by atoms with E-state index in [0.717, 1.165) is 33.8 Å². The molecule has 134 valence electrons. The van der Waals surface area contributed by atoms with E-state index in [4.69, 9.17) is 19.2 Å². The lowest BCUT2D eigenvalue weighted by atomic mass is 10.1. The standard InChI is InChI=1S/C20H14N2O4S/c1-24-16-5-3-2-4-13(16)19-14(9-23)22-15(10-27-20(22)21-19)12-6-7-17-18(8-12)26-11-25-17/h2-10H,11H2,1H3. The third kappa shape index (κ3) is 2.39. The minimum Gasteiger partial charge on any atom is -0.496 e. The number of benzene rings is 2. The Morgan fingerprint density at radius 1 is 1.19 bits per heavy atom. The van der Waals surface area contributed by atoms with E-state index in [1.807, 2.05) is 52.2 Å². The SMILES string of the molecule is COc1ccccc1-c1nc2scc(-c3ccc4c(c3)OCO4)n2c1C=O. The Labute approximate surface area is 158 Å². The number of hydrogen-bond donors (Lipinski definition) is 0. The molecule has 6 nitrogen and oxygen atoms in total. The molecule has 27 heavy (non-hydrogen) atoms. The average Bonchev–Trinajstić information content (AvgIpc) is 3.41. The summed E-state index contributed by atoms with van der Waals surface area (Å²) >= 11 is 1.48. The first-order valence-corrected chi connectivity index (χ1v) is 9.16. The van der Waals surface area contributed by atoms with Crippen molar-refractivity contribution in [3.63, 3.8) is 0 Å². The molecule has 2 aromatic carbocycles. The summed E-state index contributed by atoms with van der Waals surface area (Å²) in [4.78, 5) is 17.4. The van der Waals surface area contributed by atoms with E-state index in [1.165, 1.54) is 11.3 Å². The Morgan fingerprint density at radius 3 is 2.89 bits per heavy atom. The predicted molar refractivity (Wildman–Crippen MR) is 102 cm³/mol. The number of methoxy groups -OCH3 is 1. The number of carbonyl (C=O) groups is 1. The number of fused-ring (bicyclic) bond motifs is 2. The summed E-state index contributed by atoms with van der Waals surface area (Å²) in [5.41, 5.74) is 3.69. The van der Waals surface area contributed by atoms with Gasteiger partial charge in [-0.3, -0.25) is 9.20 Å². The molecule has 3 heterocycles. The zero-order valence-corrected chi connectivity index (χ0v) is 15.2. The number of aldehydes is 1. The monoisotopic (exact) mass is 378 g/mol. The molecule has 1 aliphatic heterocycles. The van der Waals surface area contributed by atoms with Gasteiger partial charge in [0.1, 0.15) is 17.1 Å². The van der Waals surface area contributed by atoms with Crippen LogP contribution in [0.5, 0.6) is 17.2 Å². The third-order valence-corrected chi connectivity index (χ3v) is 5.37. The Balaban J connectivity index is 1.73. The molecular weight excluding hydrogens is 364 g/mol. The van der Waals surface area contributed by atoms with Crippen LogP contribution in [0.25, 0.3) is 27.5 Å². The van der Waals surface area contributed by atoms with Crippen molar-refractivity contribution < 1.29 is 19.0 Å². The van der Waals surface area contributed by atoms with Crippen LogP contribution in [0.3, 0.4) is 0 Å². The van der Waals surface area contributed by atoms with Crippen LogP contribution in [0.15, 0.2) is 47.8 Å². The van der Waals surface area contributed by atoms with Crippen LogP contribution in [0.4, 0.5) is 0 Å². The fourth-order valence-electron chi connectivity index (χ4n) is 3.28. The van der Waals surface area contributed by atoms with Gasteiger partial charge < -0.3 is 14.2 Å². The quantitative estimate of drug-likeness (QED) is 0.496. The summed E-state index contributed by atoms with van der Waals surface area (Å²) in [6.45, 7) is 0.223. The molecule has 0 saturated heterocycles. The average molecular weight is 378 g/mol. The maximum atomic E-state index is 12.0. The van der Waals surface area contributed by atoms with E-state index in [2.05, 4.69) is 0 Å². The Morgan fingerprint density at radius 2 is 2.04 bits per heavy atom. The van der Waals surface area contributed by atoms with E-state index in [9.17, 15) is 4.79 Å². The van der Waals surface area contributed by atoms with Crippen molar-refractivity contribution in [2.45, 2.75) is 0 Å². The van der Waals surface area contributed by atoms with Gasteiger partial charge in [-0.1, -0.05) is 12.1 Å². The summed E-state index contributed by atoms with van der Waals surface area (Å²) in [6, 6.07) is 13.3. The van der Waals surface area contributed by atoms with Crippen LogP contribution in [0.2, 0.25) is 0 Å². The Bertz CT molecular complexity index is 1180. The third-order valence-electron chi connectivity index (χ3n) is 4.54. The largest absolute Gasteiger partial charge is 0.496 e. The van der Waals surface area contributed by atoms with Gasteiger partial charge in [0.15, 0.2) is 22.7 Å². The molecular formula is C20H14N2O4S. The second-order valence-corrected chi connectivity index (χ2v) is 6.81. The lowest BCUT2D eigenvalue weighted by molar-refractivity contribution is 0.111. The van der Waals surface area contributed by atoms with Crippen LogP contribution >= 0.6 is 11.3 Å². The van der Waals surface area contributed by atoms with E-state index in [0.29, 0.717) is 22.9 Å². The molecule has 0 N–H and O–H groups in total. The maximum Gasteiger partial charge on any atom is 0.231 e. The molecule has 0 atom stereocenters. The highest BCUT2D eigenvalue weighted by Gasteiger charge is 2.22. The number of para-hydroxylation sites is 1. The van der Waals surface area contributed by atoms with Gasteiger partial charge in [-0.2, -0.15) is 0 Å². The first-order chi connectivity index (χ1) is 13.3. The summed E-state index contributed by atoms with van der Waals surface area (Å²) in [5.74, 6) is 2.10. The van der Waals surface area contributed by atoms with Crippen molar-refractivity contribution in [3.05, 3.63) is 53.5 Å². The number of ether oxygens (including phenoxy) is 3.